The van der Waals surface area contributed by atoms with Crippen LogP contribution in [0, 0.1) is 5.82 Å². The lowest BCUT2D eigenvalue weighted by molar-refractivity contribution is -0.116. The monoisotopic (exact) mass is 594 g/mol. The van der Waals surface area contributed by atoms with E-state index in [2.05, 4.69) is 33.7 Å². The number of phenols is 1. The van der Waals surface area contributed by atoms with Crippen molar-refractivity contribution in [2.24, 2.45) is 12.8 Å². The third-order valence-corrected chi connectivity index (χ3v) is 7.52. The molecule has 2 amide bonds. The van der Waals surface area contributed by atoms with Gasteiger partial charge < -0.3 is 35.1 Å². The second-order valence-corrected chi connectivity index (χ2v) is 10.5. The standard InChI is InChI=1S/C28H28ClFN8O4/c1-5-35(3)11-21-14(2)38(21)22-8-20(18(29)9-32-22)34-23(39)12-37-10-17(24-27(37)33-13-36(4)28(24)42)15-6-16(26(31)41)25(40)19(30)7-15/h6-10,13,21,40H,2,5,11-12H2,1,3-4H3,(H2,31,41)(H,32,34,39). The fourth-order valence-electron chi connectivity index (χ4n) is 4.75. The number of nitrogens with two attached hydrogens (primary N) is 1. The number of fused-ring (bicyclic) bond motifs is 1. The van der Waals surface area contributed by atoms with Crippen LogP contribution in [0.4, 0.5) is 15.9 Å². The first-order chi connectivity index (χ1) is 19.9. The second kappa shape index (κ2) is 10.9. The molecule has 4 heterocycles. The molecule has 1 atom stereocenters. The molecule has 1 fully saturated rings. The van der Waals surface area contributed by atoms with Gasteiger partial charge in [-0.05, 0) is 31.3 Å². The number of nitrogens with zero attached hydrogens (tertiary/aromatic N) is 6. The number of primary amides is 1. The van der Waals surface area contributed by atoms with E-state index >= 15 is 0 Å². The molecule has 4 aromatic rings. The first-order valence-corrected chi connectivity index (χ1v) is 13.3. The van der Waals surface area contributed by atoms with Crippen LogP contribution in [0.3, 0.4) is 0 Å². The molecule has 4 N–H and O–H groups in total. The quantitative estimate of drug-likeness (QED) is 0.250. The highest BCUT2D eigenvalue weighted by Crippen LogP contribution is 2.39. The molecule has 14 heteroatoms. The molecule has 5 rings (SSSR count). The summed E-state index contributed by atoms with van der Waals surface area (Å²) in [6, 6.07) is 3.91. The molecular formula is C28H28ClFN8O4. The minimum atomic E-state index is -1.10. The molecule has 0 bridgehead atoms. The summed E-state index contributed by atoms with van der Waals surface area (Å²) in [7, 11) is 3.51. The van der Waals surface area contributed by atoms with E-state index in [1.165, 1.54) is 41.0 Å². The number of hydrogen-bond acceptors (Lipinski definition) is 8. The summed E-state index contributed by atoms with van der Waals surface area (Å²) in [5.41, 5.74) is 6.07. The summed E-state index contributed by atoms with van der Waals surface area (Å²) in [4.78, 5) is 50.9. The molecule has 3 aromatic heterocycles. The fraction of sp³-hybridized carbons (Fsp3) is 0.250. The van der Waals surface area contributed by atoms with Gasteiger partial charge in [0, 0.05) is 37.1 Å². The number of likely N-dealkylation sites (N-methyl/N-ethyl adjacent to an activating group) is 1. The van der Waals surface area contributed by atoms with Crippen LogP contribution in [0.1, 0.15) is 17.3 Å². The van der Waals surface area contributed by atoms with Crippen LogP contribution in [0.25, 0.3) is 22.2 Å². The third-order valence-electron chi connectivity index (χ3n) is 7.22. The predicted octanol–water partition coefficient (Wildman–Crippen LogP) is 2.69. The second-order valence-electron chi connectivity index (χ2n) is 10.1. The maximum absolute atomic E-state index is 14.5. The summed E-state index contributed by atoms with van der Waals surface area (Å²) >= 11 is 6.35. The van der Waals surface area contributed by atoms with Gasteiger partial charge in [0.2, 0.25) is 5.91 Å². The zero-order valence-corrected chi connectivity index (χ0v) is 23.8. The number of benzene rings is 1. The van der Waals surface area contributed by atoms with Gasteiger partial charge in [0.15, 0.2) is 11.6 Å². The summed E-state index contributed by atoms with van der Waals surface area (Å²) in [5.74, 6) is -2.94. The van der Waals surface area contributed by atoms with Gasteiger partial charge in [-0.15, -0.1) is 0 Å². The van der Waals surface area contributed by atoms with Crippen LogP contribution >= 0.6 is 11.6 Å². The van der Waals surface area contributed by atoms with Crippen molar-refractivity contribution < 1.29 is 19.1 Å². The van der Waals surface area contributed by atoms with Crippen molar-refractivity contribution >= 4 is 46.0 Å². The summed E-state index contributed by atoms with van der Waals surface area (Å²) < 4.78 is 17.2. The Hall–Kier alpha value is -4.75. The topological polar surface area (TPSA) is 151 Å². The molecule has 42 heavy (non-hydrogen) atoms. The van der Waals surface area contributed by atoms with Crippen molar-refractivity contribution in [2.45, 2.75) is 19.5 Å². The molecule has 1 aliphatic rings. The largest absolute Gasteiger partial charge is 0.504 e. The lowest BCUT2D eigenvalue weighted by Gasteiger charge is -2.14. The Morgan fingerprint density at radius 1 is 1.29 bits per heavy atom. The third kappa shape index (κ3) is 5.19. The number of hydrogen-bond donors (Lipinski definition) is 3. The highest BCUT2D eigenvalue weighted by atomic mass is 35.5. The maximum Gasteiger partial charge on any atom is 0.263 e. The molecule has 0 aliphatic carbocycles. The minimum Gasteiger partial charge on any atom is -0.504 e. The van der Waals surface area contributed by atoms with E-state index in [4.69, 9.17) is 17.3 Å². The molecule has 1 aromatic carbocycles. The smallest absolute Gasteiger partial charge is 0.263 e. The van der Waals surface area contributed by atoms with Crippen LogP contribution < -0.4 is 21.5 Å². The molecule has 1 unspecified atom stereocenters. The number of pyridine rings is 1. The van der Waals surface area contributed by atoms with E-state index in [0.717, 1.165) is 24.9 Å². The van der Waals surface area contributed by atoms with E-state index in [1.54, 1.807) is 6.07 Å². The van der Waals surface area contributed by atoms with E-state index in [0.29, 0.717) is 11.5 Å². The van der Waals surface area contributed by atoms with Crippen LogP contribution in [-0.2, 0) is 18.4 Å². The van der Waals surface area contributed by atoms with Gasteiger partial charge in [-0.25, -0.2) is 14.4 Å². The van der Waals surface area contributed by atoms with Gasteiger partial charge in [-0.1, -0.05) is 25.1 Å². The van der Waals surface area contributed by atoms with Crippen molar-refractivity contribution in [3.8, 4) is 16.9 Å². The maximum atomic E-state index is 14.5. The summed E-state index contributed by atoms with van der Waals surface area (Å²) in [6.07, 6.45) is 4.19. The SMILES string of the molecule is C=C1C(CN(C)CC)N1c1cc(NC(=O)Cn2cc(-c3cc(F)c(O)c(C(N)=O)c3)c3c(=O)n(C)cnc32)c(Cl)cn1. The van der Waals surface area contributed by atoms with E-state index in [9.17, 15) is 23.9 Å². The Kier molecular flexibility index (Phi) is 7.47. The number of carbonyl (C=O) groups excluding carboxylic acids is 2. The highest BCUT2D eigenvalue weighted by Gasteiger charge is 2.41. The fourth-order valence-corrected chi connectivity index (χ4v) is 4.90. The minimum absolute atomic E-state index is 0.0840. The Morgan fingerprint density at radius 3 is 2.71 bits per heavy atom. The number of rotatable bonds is 9. The van der Waals surface area contributed by atoms with Crippen LogP contribution in [0.2, 0.25) is 5.02 Å². The van der Waals surface area contributed by atoms with Gasteiger partial charge in [0.05, 0.1) is 40.2 Å². The lowest BCUT2D eigenvalue weighted by atomic mass is 10.0. The molecule has 0 radical (unpaired) electrons. The first kappa shape index (κ1) is 28.8. The Balaban J connectivity index is 1.46. The number of halogens is 2. The predicted molar refractivity (Wildman–Crippen MR) is 157 cm³/mol. The number of carbonyl (C=O) groups is 2. The van der Waals surface area contributed by atoms with Gasteiger partial charge in [-0.3, -0.25) is 14.4 Å². The van der Waals surface area contributed by atoms with Crippen molar-refractivity contribution in [3.05, 3.63) is 76.0 Å². The summed E-state index contributed by atoms with van der Waals surface area (Å²) in [5, 5.41) is 13.0. The highest BCUT2D eigenvalue weighted by molar-refractivity contribution is 6.33. The average molecular weight is 595 g/mol. The number of aryl methyl sites for hydroxylation is 1. The number of anilines is 2. The van der Waals surface area contributed by atoms with Crippen molar-refractivity contribution in [1.82, 2.24) is 24.0 Å². The van der Waals surface area contributed by atoms with Crippen LogP contribution in [0.15, 0.2) is 54.0 Å². The van der Waals surface area contributed by atoms with E-state index in [1.807, 2.05) is 11.9 Å². The number of aromatic nitrogens is 4. The molecule has 1 aliphatic heterocycles. The Bertz CT molecular complexity index is 1830. The number of amides is 2. The zero-order valence-electron chi connectivity index (χ0n) is 23.1. The molecule has 0 spiro atoms. The van der Waals surface area contributed by atoms with E-state index in [-0.39, 0.29) is 39.8 Å². The summed E-state index contributed by atoms with van der Waals surface area (Å²) in [6.45, 7) is 7.54. The van der Waals surface area contributed by atoms with Gasteiger partial charge in [0.25, 0.3) is 11.5 Å². The molecule has 12 nitrogen and oxygen atoms in total. The molecule has 0 saturated carbocycles. The first-order valence-electron chi connectivity index (χ1n) is 12.9. The van der Waals surface area contributed by atoms with Crippen molar-refractivity contribution in [2.75, 3.05) is 30.4 Å². The zero-order chi connectivity index (χ0) is 30.5. The van der Waals surface area contributed by atoms with Gasteiger partial charge in [-0.2, -0.15) is 0 Å². The number of nitrogens with one attached hydrogen (secondary N) is 1. The lowest BCUT2D eigenvalue weighted by Crippen LogP contribution is -2.24. The van der Waals surface area contributed by atoms with Crippen molar-refractivity contribution in [1.29, 1.82) is 0 Å². The van der Waals surface area contributed by atoms with Gasteiger partial charge in [0.1, 0.15) is 18.0 Å². The average Bonchev–Trinajstić information content (AvgIpc) is 3.42. The number of aromatic hydroxyl groups is 1. The van der Waals surface area contributed by atoms with Crippen LogP contribution in [-0.4, -0.2) is 67.1 Å². The normalized spacial score (nSPS) is 14.6. The van der Waals surface area contributed by atoms with Gasteiger partial charge >= 0.3 is 0 Å². The van der Waals surface area contributed by atoms with Crippen LogP contribution in [0.5, 0.6) is 5.75 Å². The Labute approximate surface area is 244 Å². The van der Waals surface area contributed by atoms with E-state index < -0.39 is 34.5 Å². The molecule has 1 saturated heterocycles. The molecule has 218 valence electrons. The molecular weight excluding hydrogens is 567 g/mol. The Morgan fingerprint density at radius 2 is 2.02 bits per heavy atom. The van der Waals surface area contributed by atoms with Crippen molar-refractivity contribution in [3.63, 3.8) is 0 Å².